The maximum absolute atomic E-state index is 11.3. The maximum atomic E-state index is 11.3. The quantitative estimate of drug-likeness (QED) is 0.864. The molecular formula is C9H13BrN2O. The van der Waals surface area contributed by atoms with Gasteiger partial charge in [-0.1, -0.05) is 0 Å². The lowest BCUT2D eigenvalue weighted by molar-refractivity contribution is 0.790. The average molecular weight is 245 g/mol. The standard InChI is InChI=1S/C9H13BrN2O/c1-12-6-7(3-2-4-11)5-8(10)9(12)13/h5-6H,2-4,11H2,1H3. The zero-order valence-electron chi connectivity index (χ0n) is 7.59. The molecule has 0 spiro atoms. The van der Waals surface area contributed by atoms with Gasteiger partial charge in [0.25, 0.3) is 5.56 Å². The van der Waals surface area contributed by atoms with E-state index < -0.39 is 0 Å². The van der Waals surface area contributed by atoms with Crippen LogP contribution in [0.3, 0.4) is 0 Å². The van der Waals surface area contributed by atoms with Crippen LogP contribution in [0.5, 0.6) is 0 Å². The van der Waals surface area contributed by atoms with Gasteiger partial charge in [-0.15, -0.1) is 0 Å². The number of halogens is 1. The lowest BCUT2D eigenvalue weighted by Gasteiger charge is -2.03. The van der Waals surface area contributed by atoms with E-state index in [2.05, 4.69) is 15.9 Å². The van der Waals surface area contributed by atoms with Crippen LogP contribution in [0, 0.1) is 0 Å². The molecule has 3 nitrogen and oxygen atoms in total. The molecule has 0 saturated carbocycles. The third-order valence-corrected chi connectivity index (χ3v) is 2.43. The summed E-state index contributed by atoms with van der Waals surface area (Å²) in [6.45, 7) is 0.681. The smallest absolute Gasteiger partial charge is 0.264 e. The van der Waals surface area contributed by atoms with E-state index in [0.717, 1.165) is 18.4 Å². The summed E-state index contributed by atoms with van der Waals surface area (Å²) in [4.78, 5) is 11.3. The number of hydrogen-bond donors (Lipinski definition) is 1. The van der Waals surface area contributed by atoms with Gasteiger partial charge in [0.05, 0.1) is 4.47 Å². The largest absolute Gasteiger partial charge is 0.330 e. The second-order valence-electron chi connectivity index (χ2n) is 3.00. The van der Waals surface area contributed by atoms with Crippen LogP contribution in [0.15, 0.2) is 21.5 Å². The van der Waals surface area contributed by atoms with Gasteiger partial charge in [0.15, 0.2) is 0 Å². The number of aromatic nitrogens is 1. The second-order valence-corrected chi connectivity index (χ2v) is 3.86. The molecule has 0 amide bonds. The molecule has 0 bridgehead atoms. The van der Waals surface area contributed by atoms with E-state index in [-0.39, 0.29) is 5.56 Å². The summed E-state index contributed by atoms with van der Waals surface area (Å²) in [7, 11) is 1.75. The van der Waals surface area contributed by atoms with Crippen molar-refractivity contribution in [1.29, 1.82) is 0 Å². The summed E-state index contributed by atoms with van der Waals surface area (Å²) < 4.78 is 2.19. The molecule has 0 aromatic carbocycles. The monoisotopic (exact) mass is 244 g/mol. The van der Waals surface area contributed by atoms with Crippen LogP contribution in [-0.4, -0.2) is 11.1 Å². The van der Waals surface area contributed by atoms with E-state index in [9.17, 15) is 4.79 Å². The fourth-order valence-electron chi connectivity index (χ4n) is 1.18. The van der Waals surface area contributed by atoms with Gasteiger partial charge in [-0.3, -0.25) is 4.79 Å². The molecule has 0 saturated heterocycles. The Balaban J connectivity index is 2.93. The molecule has 0 fully saturated rings. The third-order valence-electron chi connectivity index (χ3n) is 1.87. The van der Waals surface area contributed by atoms with Crippen LogP contribution in [0.25, 0.3) is 0 Å². The van der Waals surface area contributed by atoms with Crippen molar-refractivity contribution in [2.45, 2.75) is 12.8 Å². The van der Waals surface area contributed by atoms with Crippen LogP contribution < -0.4 is 11.3 Å². The van der Waals surface area contributed by atoms with Gasteiger partial charge in [-0.2, -0.15) is 0 Å². The third kappa shape index (κ3) is 2.67. The van der Waals surface area contributed by atoms with Crippen LogP contribution in [0.4, 0.5) is 0 Å². The Bertz CT molecular complexity index is 320. The number of pyridine rings is 1. The van der Waals surface area contributed by atoms with E-state index >= 15 is 0 Å². The van der Waals surface area contributed by atoms with Gasteiger partial charge in [0, 0.05) is 13.2 Å². The van der Waals surface area contributed by atoms with E-state index in [4.69, 9.17) is 5.73 Å². The van der Waals surface area contributed by atoms with Crippen molar-refractivity contribution in [2.24, 2.45) is 12.8 Å². The molecule has 1 heterocycles. The number of nitrogens with two attached hydrogens (primary N) is 1. The van der Waals surface area contributed by atoms with Gasteiger partial charge in [-0.25, -0.2) is 0 Å². The summed E-state index contributed by atoms with van der Waals surface area (Å²) >= 11 is 3.22. The van der Waals surface area contributed by atoms with Gasteiger partial charge in [0.1, 0.15) is 0 Å². The lowest BCUT2D eigenvalue weighted by Crippen LogP contribution is -2.17. The molecule has 0 unspecified atom stereocenters. The molecule has 1 aromatic rings. The molecule has 72 valence electrons. The van der Waals surface area contributed by atoms with E-state index in [1.165, 1.54) is 0 Å². The van der Waals surface area contributed by atoms with Crippen LogP contribution in [0.1, 0.15) is 12.0 Å². The minimum Gasteiger partial charge on any atom is -0.330 e. The second kappa shape index (κ2) is 4.58. The first-order chi connectivity index (χ1) is 6.15. The highest BCUT2D eigenvalue weighted by Crippen LogP contribution is 2.07. The Morgan fingerprint density at radius 2 is 2.31 bits per heavy atom. The Hall–Kier alpha value is -0.610. The Morgan fingerprint density at radius 1 is 1.62 bits per heavy atom. The van der Waals surface area contributed by atoms with Gasteiger partial charge >= 0.3 is 0 Å². The number of aryl methyl sites for hydroxylation is 2. The van der Waals surface area contributed by atoms with Crippen molar-refractivity contribution in [3.8, 4) is 0 Å². The van der Waals surface area contributed by atoms with Crippen LogP contribution >= 0.6 is 15.9 Å². The Labute approximate surface area is 85.7 Å². The molecule has 1 aromatic heterocycles. The Morgan fingerprint density at radius 3 is 2.85 bits per heavy atom. The number of hydrogen-bond acceptors (Lipinski definition) is 2. The van der Waals surface area contributed by atoms with Gasteiger partial charge in [-0.05, 0) is 46.9 Å². The first-order valence-electron chi connectivity index (χ1n) is 4.20. The summed E-state index contributed by atoms with van der Waals surface area (Å²) in [5.41, 5.74) is 6.54. The summed E-state index contributed by atoms with van der Waals surface area (Å²) in [5.74, 6) is 0. The van der Waals surface area contributed by atoms with E-state index in [1.807, 2.05) is 12.3 Å². The zero-order chi connectivity index (χ0) is 9.84. The minimum atomic E-state index is -0.00324. The van der Waals surface area contributed by atoms with Crippen molar-refractivity contribution in [3.63, 3.8) is 0 Å². The van der Waals surface area contributed by atoms with Gasteiger partial charge in [0.2, 0.25) is 0 Å². The normalized spacial score (nSPS) is 10.4. The van der Waals surface area contributed by atoms with Crippen molar-refractivity contribution in [2.75, 3.05) is 6.54 Å². The van der Waals surface area contributed by atoms with Gasteiger partial charge < -0.3 is 10.3 Å². The predicted octanol–water partition coefficient (Wildman–Crippen LogP) is 1.04. The summed E-state index contributed by atoms with van der Waals surface area (Å²) in [6.07, 6.45) is 3.72. The highest BCUT2D eigenvalue weighted by molar-refractivity contribution is 9.10. The molecule has 0 aliphatic rings. The predicted molar refractivity (Wildman–Crippen MR) is 56.8 cm³/mol. The highest BCUT2D eigenvalue weighted by atomic mass is 79.9. The SMILES string of the molecule is Cn1cc(CCCN)cc(Br)c1=O. The van der Waals surface area contributed by atoms with Crippen molar-refractivity contribution in [3.05, 3.63) is 32.7 Å². The highest BCUT2D eigenvalue weighted by Gasteiger charge is 2.00. The molecule has 1 rings (SSSR count). The summed E-state index contributed by atoms with van der Waals surface area (Å²) in [5, 5.41) is 0. The fraction of sp³-hybridized carbons (Fsp3) is 0.444. The van der Waals surface area contributed by atoms with Crippen LogP contribution in [0.2, 0.25) is 0 Å². The molecule has 2 N–H and O–H groups in total. The molecule has 0 radical (unpaired) electrons. The van der Waals surface area contributed by atoms with Crippen molar-refractivity contribution >= 4 is 15.9 Å². The van der Waals surface area contributed by atoms with Crippen LogP contribution in [-0.2, 0) is 13.5 Å². The molecule has 0 aliphatic carbocycles. The van der Waals surface area contributed by atoms with E-state index in [0.29, 0.717) is 11.0 Å². The first kappa shape index (κ1) is 10.5. The summed E-state index contributed by atoms with van der Waals surface area (Å²) in [6, 6.07) is 1.86. The zero-order valence-corrected chi connectivity index (χ0v) is 9.17. The van der Waals surface area contributed by atoms with Crippen molar-refractivity contribution in [1.82, 2.24) is 4.57 Å². The lowest BCUT2D eigenvalue weighted by atomic mass is 10.1. The van der Waals surface area contributed by atoms with E-state index in [1.54, 1.807) is 11.6 Å². The molecule has 0 atom stereocenters. The molecular weight excluding hydrogens is 232 g/mol. The molecule has 13 heavy (non-hydrogen) atoms. The van der Waals surface area contributed by atoms with Crippen molar-refractivity contribution < 1.29 is 0 Å². The fourth-order valence-corrected chi connectivity index (χ4v) is 1.75. The topological polar surface area (TPSA) is 48.0 Å². The molecule has 0 aliphatic heterocycles. The maximum Gasteiger partial charge on any atom is 0.264 e. The minimum absolute atomic E-state index is 0.00324. The number of nitrogens with zero attached hydrogens (tertiary/aromatic N) is 1. The number of rotatable bonds is 3. The molecule has 4 heteroatoms. The first-order valence-corrected chi connectivity index (χ1v) is 4.99. The average Bonchev–Trinajstić information content (AvgIpc) is 2.10. The Kier molecular flexibility index (Phi) is 3.69.